The molecule has 1 aromatic rings. The van der Waals surface area contributed by atoms with Gasteiger partial charge in [0.2, 0.25) is 5.91 Å². The van der Waals surface area contributed by atoms with Crippen molar-refractivity contribution in [3.63, 3.8) is 0 Å². The normalized spacial score (nSPS) is 13.7. The minimum Gasteiger partial charge on any atom is -0.481 e. The third-order valence-electron chi connectivity index (χ3n) is 3.04. The van der Waals surface area contributed by atoms with Gasteiger partial charge in [-0.3, -0.25) is 9.59 Å². The zero-order valence-electron chi connectivity index (χ0n) is 12.4. The van der Waals surface area contributed by atoms with Crippen molar-refractivity contribution in [1.82, 2.24) is 5.32 Å². The summed E-state index contributed by atoms with van der Waals surface area (Å²) in [5, 5.41) is 11.4. The lowest BCUT2D eigenvalue weighted by Crippen LogP contribution is -2.28. The highest BCUT2D eigenvalue weighted by atomic mass is 32.2. The molecule has 0 saturated heterocycles. The molecule has 0 saturated carbocycles. The second-order valence-electron chi connectivity index (χ2n) is 5.14. The van der Waals surface area contributed by atoms with E-state index >= 15 is 0 Å². The molecule has 2 unspecified atom stereocenters. The first-order chi connectivity index (χ1) is 10.3. The molecule has 0 aliphatic carbocycles. The minimum absolute atomic E-state index is 0.0542. The van der Waals surface area contributed by atoms with Crippen LogP contribution in [-0.2, 0) is 9.59 Å². The Labute approximate surface area is 132 Å². The topological polar surface area (TPSA) is 66.4 Å². The number of hydrogen-bond acceptors (Lipinski definition) is 3. The van der Waals surface area contributed by atoms with Crippen molar-refractivity contribution in [2.45, 2.75) is 43.4 Å². The molecule has 0 aliphatic heterocycles. The molecule has 0 fully saturated rings. The number of halogens is 2. The van der Waals surface area contributed by atoms with E-state index in [2.05, 4.69) is 5.32 Å². The number of hydrogen-bond donors (Lipinski definition) is 2. The predicted molar refractivity (Wildman–Crippen MR) is 80.9 cm³/mol. The van der Waals surface area contributed by atoms with Crippen LogP contribution < -0.4 is 5.32 Å². The van der Waals surface area contributed by atoms with E-state index in [0.717, 1.165) is 5.56 Å². The van der Waals surface area contributed by atoms with Crippen molar-refractivity contribution in [2.24, 2.45) is 5.92 Å². The van der Waals surface area contributed by atoms with Gasteiger partial charge >= 0.3 is 5.97 Å². The van der Waals surface area contributed by atoms with Crippen molar-refractivity contribution in [1.29, 1.82) is 0 Å². The Bertz CT molecular complexity index is 508. The number of amides is 1. The zero-order chi connectivity index (χ0) is 16.7. The van der Waals surface area contributed by atoms with Crippen LogP contribution in [0.2, 0.25) is 0 Å². The van der Waals surface area contributed by atoms with Gasteiger partial charge in [0.25, 0.3) is 5.76 Å². The van der Waals surface area contributed by atoms with Crippen LogP contribution in [0.15, 0.2) is 29.2 Å². The number of rotatable bonds is 8. The van der Waals surface area contributed by atoms with Gasteiger partial charge in [-0.1, -0.05) is 30.8 Å². The Morgan fingerprint density at radius 2 is 1.77 bits per heavy atom. The third-order valence-corrected chi connectivity index (χ3v) is 3.76. The smallest absolute Gasteiger partial charge is 0.303 e. The van der Waals surface area contributed by atoms with Crippen LogP contribution in [0.4, 0.5) is 8.78 Å². The number of carbonyl (C=O) groups excluding carboxylic acids is 1. The van der Waals surface area contributed by atoms with E-state index in [0.29, 0.717) is 16.7 Å². The van der Waals surface area contributed by atoms with Crippen LogP contribution in [-0.4, -0.2) is 22.7 Å². The number of carboxylic acids is 1. The summed E-state index contributed by atoms with van der Waals surface area (Å²) in [4.78, 5) is 22.8. The molecule has 1 rings (SSSR count). The van der Waals surface area contributed by atoms with E-state index in [9.17, 15) is 18.4 Å². The van der Waals surface area contributed by atoms with E-state index in [1.165, 1.54) is 0 Å². The molecule has 0 bridgehead atoms. The van der Waals surface area contributed by atoms with Gasteiger partial charge in [0.05, 0.1) is 6.04 Å². The first kappa shape index (κ1) is 18.4. The molecule has 0 aromatic heterocycles. The van der Waals surface area contributed by atoms with Crippen molar-refractivity contribution in [3.05, 3.63) is 29.8 Å². The number of carbonyl (C=O) groups is 2. The van der Waals surface area contributed by atoms with Crippen LogP contribution in [0.1, 0.15) is 38.3 Å². The van der Waals surface area contributed by atoms with Gasteiger partial charge in [0, 0.05) is 17.7 Å². The number of benzene rings is 1. The quantitative estimate of drug-likeness (QED) is 0.713. The standard InChI is InChI=1S/C15H19F2NO3S/c1-9(8-14(20)21)7-13(19)18-10(2)11-3-5-12(6-4-11)22-15(16)17/h3-6,9-10,15H,7-8H2,1-2H3,(H,18,19)(H,20,21). The second-order valence-corrected chi connectivity index (χ2v) is 6.21. The Morgan fingerprint density at radius 3 is 2.27 bits per heavy atom. The fourth-order valence-corrected chi connectivity index (χ4v) is 2.51. The maximum Gasteiger partial charge on any atom is 0.303 e. The second kappa shape index (κ2) is 8.73. The molecule has 22 heavy (non-hydrogen) atoms. The van der Waals surface area contributed by atoms with Crippen molar-refractivity contribution in [2.75, 3.05) is 0 Å². The van der Waals surface area contributed by atoms with E-state index in [4.69, 9.17) is 5.11 Å². The number of aliphatic carboxylic acids is 1. The minimum atomic E-state index is -2.46. The van der Waals surface area contributed by atoms with Crippen LogP contribution in [0.5, 0.6) is 0 Å². The Morgan fingerprint density at radius 1 is 1.18 bits per heavy atom. The highest BCUT2D eigenvalue weighted by molar-refractivity contribution is 7.99. The first-order valence-corrected chi connectivity index (χ1v) is 7.71. The Kier molecular flexibility index (Phi) is 7.31. The van der Waals surface area contributed by atoms with Gasteiger partial charge in [-0.25, -0.2) is 0 Å². The molecule has 0 heterocycles. The van der Waals surface area contributed by atoms with Gasteiger partial charge in [-0.15, -0.1) is 0 Å². The van der Waals surface area contributed by atoms with E-state index < -0.39 is 11.7 Å². The summed E-state index contributed by atoms with van der Waals surface area (Å²) in [5.41, 5.74) is 0.804. The SMILES string of the molecule is CC(CC(=O)O)CC(=O)NC(C)c1ccc(SC(F)F)cc1. The fraction of sp³-hybridized carbons (Fsp3) is 0.467. The molecule has 4 nitrogen and oxygen atoms in total. The van der Waals surface area contributed by atoms with Gasteiger partial charge in [-0.2, -0.15) is 8.78 Å². The highest BCUT2D eigenvalue weighted by Gasteiger charge is 2.15. The number of alkyl halides is 2. The number of nitrogens with one attached hydrogen (secondary N) is 1. The maximum atomic E-state index is 12.2. The molecule has 1 amide bonds. The lowest BCUT2D eigenvalue weighted by atomic mass is 10.0. The number of thioether (sulfide) groups is 1. The van der Waals surface area contributed by atoms with E-state index in [1.807, 2.05) is 0 Å². The summed E-state index contributed by atoms with van der Waals surface area (Å²) >= 11 is 0.471. The summed E-state index contributed by atoms with van der Waals surface area (Å²) in [7, 11) is 0. The Balaban J connectivity index is 2.52. The van der Waals surface area contributed by atoms with Crippen molar-refractivity contribution >= 4 is 23.6 Å². The van der Waals surface area contributed by atoms with Gasteiger partial charge < -0.3 is 10.4 Å². The van der Waals surface area contributed by atoms with Crippen LogP contribution in [0.25, 0.3) is 0 Å². The molecule has 7 heteroatoms. The molecule has 0 spiro atoms. The highest BCUT2D eigenvalue weighted by Crippen LogP contribution is 2.26. The molecule has 122 valence electrons. The predicted octanol–water partition coefficient (Wildman–Crippen LogP) is 3.68. The summed E-state index contributed by atoms with van der Waals surface area (Å²) in [6, 6.07) is 6.28. The fourth-order valence-electron chi connectivity index (χ4n) is 2.01. The molecule has 1 aromatic carbocycles. The summed E-state index contributed by atoms with van der Waals surface area (Å²) in [6.07, 6.45) is 0.0807. The van der Waals surface area contributed by atoms with E-state index in [1.54, 1.807) is 38.1 Å². The van der Waals surface area contributed by atoms with Crippen LogP contribution >= 0.6 is 11.8 Å². The summed E-state index contributed by atoms with van der Waals surface area (Å²) in [5.74, 6) is -3.86. The van der Waals surface area contributed by atoms with Crippen LogP contribution in [0.3, 0.4) is 0 Å². The monoisotopic (exact) mass is 331 g/mol. The molecule has 0 aliphatic rings. The van der Waals surface area contributed by atoms with Crippen LogP contribution in [0, 0.1) is 5.92 Å². The molecule has 2 atom stereocenters. The lowest BCUT2D eigenvalue weighted by molar-refractivity contribution is -0.138. The number of carboxylic acid groups (broad SMARTS) is 1. The molecular weight excluding hydrogens is 312 g/mol. The summed E-state index contributed by atoms with van der Waals surface area (Å²) < 4.78 is 24.5. The average Bonchev–Trinajstić information content (AvgIpc) is 2.37. The first-order valence-electron chi connectivity index (χ1n) is 6.84. The molecule has 2 N–H and O–H groups in total. The third kappa shape index (κ3) is 6.89. The average molecular weight is 331 g/mol. The summed E-state index contributed by atoms with van der Waals surface area (Å²) in [6.45, 7) is 3.49. The van der Waals surface area contributed by atoms with Gasteiger partial charge in [-0.05, 0) is 30.5 Å². The van der Waals surface area contributed by atoms with E-state index in [-0.39, 0.29) is 30.7 Å². The van der Waals surface area contributed by atoms with Crippen molar-refractivity contribution in [3.8, 4) is 0 Å². The molecule has 0 radical (unpaired) electrons. The zero-order valence-corrected chi connectivity index (χ0v) is 13.2. The Hall–Kier alpha value is -1.63. The lowest BCUT2D eigenvalue weighted by Gasteiger charge is -2.16. The molecular formula is C15H19F2NO3S. The van der Waals surface area contributed by atoms with Crippen molar-refractivity contribution < 1.29 is 23.5 Å². The maximum absolute atomic E-state index is 12.2. The van der Waals surface area contributed by atoms with Gasteiger partial charge in [0.1, 0.15) is 0 Å². The van der Waals surface area contributed by atoms with Gasteiger partial charge in [0.15, 0.2) is 0 Å². The largest absolute Gasteiger partial charge is 0.481 e.